The van der Waals surface area contributed by atoms with Crippen LogP contribution in [-0.2, 0) is 0 Å². The zero-order valence-electron chi connectivity index (χ0n) is 15.3. The lowest BCUT2D eigenvalue weighted by molar-refractivity contribution is 0.492. The molecule has 0 saturated carbocycles. The second-order valence-electron chi connectivity index (χ2n) is 6.78. The van der Waals surface area contributed by atoms with E-state index in [9.17, 15) is 0 Å². The molecular weight excluding hydrogens is 336 g/mol. The van der Waals surface area contributed by atoms with E-state index < -0.39 is 0 Å². The van der Waals surface area contributed by atoms with Crippen LogP contribution in [0, 0.1) is 19.8 Å². The largest absolute Gasteiger partial charge is 0.359 e. The highest BCUT2D eigenvalue weighted by molar-refractivity contribution is 7.80. The molecule has 0 saturated heterocycles. The van der Waals surface area contributed by atoms with Crippen molar-refractivity contribution in [3.05, 3.63) is 29.3 Å². The van der Waals surface area contributed by atoms with Crippen molar-refractivity contribution in [3.63, 3.8) is 0 Å². The minimum atomic E-state index is 0.339. The second-order valence-corrected chi connectivity index (χ2v) is 7.60. The normalized spacial score (nSPS) is 11.8. The van der Waals surface area contributed by atoms with Gasteiger partial charge < -0.3 is 10.6 Å². The van der Waals surface area contributed by atoms with E-state index in [4.69, 9.17) is 24.4 Å². The summed E-state index contributed by atoms with van der Waals surface area (Å²) in [6, 6.07) is 6.56. The Morgan fingerprint density at radius 2 is 1.50 bits per heavy atom. The molecule has 24 heavy (non-hydrogen) atoms. The first kappa shape index (κ1) is 20.6. The highest BCUT2D eigenvalue weighted by Crippen LogP contribution is 2.13. The van der Waals surface area contributed by atoms with Crippen LogP contribution in [0.1, 0.15) is 51.2 Å². The zero-order valence-corrected chi connectivity index (χ0v) is 17.0. The third kappa shape index (κ3) is 9.03. The molecule has 1 aromatic rings. The first-order chi connectivity index (χ1) is 11.3. The summed E-state index contributed by atoms with van der Waals surface area (Å²) < 4.78 is 0. The van der Waals surface area contributed by atoms with Gasteiger partial charge in [-0.1, -0.05) is 32.8 Å². The summed E-state index contributed by atoms with van der Waals surface area (Å²) in [7, 11) is 0. The first-order valence-electron chi connectivity index (χ1n) is 8.48. The Hall–Kier alpha value is -1.40. The molecule has 0 aliphatic rings. The Morgan fingerprint density at radius 3 is 2.08 bits per heavy atom. The number of hydrogen-bond donors (Lipinski definition) is 4. The number of benzene rings is 1. The molecule has 1 atom stereocenters. The van der Waals surface area contributed by atoms with Gasteiger partial charge in [0.2, 0.25) is 0 Å². The lowest BCUT2D eigenvalue weighted by Gasteiger charge is -2.19. The van der Waals surface area contributed by atoms with Gasteiger partial charge in [0.05, 0.1) is 0 Å². The van der Waals surface area contributed by atoms with E-state index >= 15 is 0 Å². The summed E-state index contributed by atoms with van der Waals surface area (Å²) in [6.07, 6.45) is 3.55. The monoisotopic (exact) mass is 366 g/mol. The third-order valence-corrected chi connectivity index (χ3v) is 3.99. The van der Waals surface area contributed by atoms with E-state index in [-0.39, 0.29) is 0 Å². The van der Waals surface area contributed by atoms with Gasteiger partial charge in [-0.15, -0.1) is 0 Å². The van der Waals surface area contributed by atoms with E-state index in [1.54, 1.807) is 0 Å². The van der Waals surface area contributed by atoms with Crippen molar-refractivity contribution in [1.82, 2.24) is 16.2 Å². The number of hydrogen-bond acceptors (Lipinski definition) is 2. The minimum Gasteiger partial charge on any atom is -0.359 e. The van der Waals surface area contributed by atoms with Crippen molar-refractivity contribution in [1.29, 1.82) is 0 Å². The maximum absolute atomic E-state index is 5.28. The molecule has 0 aliphatic carbocycles. The summed E-state index contributed by atoms with van der Waals surface area (Å²) in [5.41, 5.74) is 9.20. The summed E-state index contributed by atoms with van der Waals surface area (Å²) in [4.78, 5) is 0. The lowest BCUT2D eigenvalue weighted by Crippen LogP contribution is -2.50. The van der Waals surface area contributed by atoms with Gasteiger partial charge in [-0.05, 0) is 80.8 Å². The molecule has 0 radical (unpaired) electrons. The second kappa shape index (κ2) is 10.5. The Bertz CT molecular complexity index is 538. The number of aryl methyl sites for hydroxylation is 2. The Kier molecular flexibility index (Phi) is 9.00. The van der Waals surface area contributed by atoms with Gasteiger partial charge in [-0.25, -0.2) is 0 Å². The number of anilines is 1. The molecule has 0 spiro atoms. The van der Waals surface area contributed by atoms with Crippen LogP contribution in [0.5, 0.6) is 0 Å². The predicted molar refractivity (Wildman–Crippen MR) is 112 cm³/mol. The fourth-order valence-corrected chi connectivity index (χ4v) is 2.91. The van der Waals surface area contributed by atoms with E-state index in [2.05, 4.69) is 62.2 Å². The summed E-state index contributed by atoms with van der Waals surface area (Å²) in [5.74, 6) is 0.748. The van der Waals surface area contributed by atoms with Gasteiger partial charge in [0.25, 0.3) is 0 Å². The predicted octanol–water partition coefficient (Wildman–Crippen LogP) is 4.18. The average Bonchev–Trinajstić information content (AvgIpc) is 2.43. The van der Waals surface area contributed by atoms with Crippen LogP contribution in [0.25, 0.3) is 0 Å². The van der Waals surface area contributed by atoms with Crippen molar-refractivity contribution < 1.29 is 0 Å². The smallest absolute Gasteiger partial charge is 0.189 e. The number of nitrogens with one attached hydrogen (secondary N) is 4. The topological polar surface area (TPSA) is 48.1 Å². The van der Waals surface area contributed by atoms with Gasteiger partial charge >= 0.3 is 0 Å². The van der Waals surface area contributed by atoms with Gasteiger partial charge in [0.1, 0.15) is 0 Å². The Labute approximate surface area is 157 Å². The molecule has 0 bridgehead atoms. The highest BCUT2D eigenvalue weighted by Gasteiger charge is 2.05. The van der Waals surface area contributed by atoms with Crippen LogP contribution in [0.15, 0.2) is 18.2 Å². The Balaban J connectivity index is 2.29. The van der Waals surface area contributed by atoms with Crippen LogP contribution < -0.4 is 21.5 Å². The summed E-state index contributed by atoms with van der Waals surface area (Å²) >= 11 is 10.6. The summed E-state index contributed by atoms with van der Waals surface area (Å²) in [6.45, 7) is 10.8. The molecule has 6 heteroatoms. The van der Waals surface area contributed by atoms with E-state index in [0.717, 1.165) is 18.0 Å². The van der Waals surface area contributed by atoms with Gasteiger partial charge in [0.15, 0.2) is 10.2 Å². The minimum absolute atomic E-state index is 0.339. The maximum Gasteiger partial charge on any atom is 0.189 e. The number of rotatable bonds is 6. The van der Waals surface area contributed by atoms with Crippen LogP contribution >= 0.6 is 24.4 Å². The van der Waals surface area contributed by atoms with Crippen LogP contribution in [-0.4, -0.2) is 16.3 Å². The number of hydrazine groups is 1. The molecule has 134 valence electrons. The van der Waals surface area contributed by atoms with E-state index in [1.807, 2.05) is 12.1 Å². The molecule has 0 aliphatic heterocycles. The van der Waals surface area contributed by atoms with Crippen molar-refractivity contribution in [2.24, 2.45) is 5.92 Å². The Morgan fingerprint density at radius 1 is 0.917 bits per heavy atom. The molecular formula is C18H30N4S2. The maximum atomic E-state index is 5.28. The van der Waals surface area contributed by atoms with Gasteiger partial charge in [-0.2, -0.15) is 0 Å². The first-order valence-corrected chi connectivity index (χ1v) is 9.29. The zero-order chi connectivity index (χ0) is 18.1. The molecule has 0 amide bonds. The van der Waals surface area contributed by atoms with Crippen molar-refractivity contribution >= 4 is 40.3 Å². The van der Waals surface area contributed by atoms with E-state index in [0.29, 0.717) is 16.3 Å². The van der Waals surface area contributed by atoms with E-state index in [1.165, 1.54) is 24.0 Å². The standard InChI is InChI=1S/C18H30N4S2/c1-12(2)7-6-8-15(5)19-17(23)21-22-18(24)20-16-10-13(3)9-14(4)11-16/h9-12,15H,6-8H2,1-5H3,(H2,19,21,23)(H2,20,22,24)/t15-/m0/s1. The van der Waals surface area contributed by atoms with Crippen LogP contribution in [0.3, 0.4) is 0 Å². The molecule has 1 rings (SSSR count). The van der Waals surface area contributed by atoms with Crippen LogP contribution in [0.4, 0.5) is 5.69 Å². The van der Waals surface area contributed by atoms with Gasteiger partial charge in [-0.3, -0.25) is 10.9 Å². The van der Waals surface area contributed by atoms with Crippen molar-refractivity contribution in [3.8, 4) is 0 Å². The molecule has 0 heterocycles. The molecule has 0 aromatic heterocycles. The fraction of sp³-hybridized carbons (Fsp3) is 0.556. The van der Waals surface area contributed by atoms with Crippen molar-refractivity contribution in [2.45, 2.75) is 59.9 Å². The molecule has 4 N–H and O–H groups in total. The highest BCUT2D eigenvalue weighted by atomic mass is 32.1. The SMILES string of the molecule is Cc1cc(C)cc(NC(=S)NNC(=S)N[C@@H](C)CCCC(C)C)c1. The third-order valence-electron chi connectivity index (χ3n) is 3.57. The average molecular weight is 367 g/mol. The molecule has 0 unspecified atom stereocenters. The lowest BCUT2D eigenvalue weighted by atomic mass is 10.0. The molecule has 4 nitrogen and oxygen atoms in total. The number of thiocarbonyl (C=S) groups is 2. The van der Waals surface area contributed by atoms with Crippen molar-refractivity contribution in [2.75, 3.05) is 5.32 Å². The molecule has 1 aromatic carbocycles. The molecule has 0 fully saturated rings. The van der Waals surface area contributed by atoms with Crippen LogP contribution in [0.2, 0.25) is 0 Å². The fourth-order valence-electron chi connectivity index (χ4n) is 2.49. The quantitative estimate of drug-likeness (QED) is 0.447. The van der Waals surface area contributed by atoms with Gasteiger partial charge in [0, 0.05) is 11.7 Å². The summed E-state index contributed by atoms with van der Waals surface area (Å²) in [5, 5.41) is 7.45.